The highest BCUT2D eigenvalue weighted by atomic mass is 35.5. The van der Waals surface area contributed by atoms with Crippen molar-refractivity contribution in [2.45, 2.75) is 18.7 Å². The van der Waals surface area contributed by atoms with Gasteiger partial charge in [-0.2, -0.15) is 0 Å². The molecule has 2 amide bonds. The number of sulfonamides is 1. The van der Waals surface area contributed by atoms with E-state index in [1.165, 1.54) is 18.1 Å². The molecule has 0 aromatic heterocycles. The number of carbonyl (C=O) groups is 2. The number of methoxy groups -OCH3 is 1. The molecule has 0 N–H and O–H groups in total. The third-order valence-corrected chi connectivity index (χ3v) is 7.49. The van der Waals surface area contributed by atoms with Crippen LogP contribution in [0.3, 0.4) is 0 Å². The normalized spacial score (nSPS) is 14.0. The van der Waals surface area contributed by atoms with Crippen molar-refractivity contribution in [3.05, 3.63) is 53.1 Å². The number of piperazine rings is 1. The predicted octanol–water partition coefficient (Wildman–Crippen LogP) is 3.15. The SMILES string of the molecule is CCOC(=O)N1CCN(C(=O)CN(c2ccc(Cl)cc2)S(=O)(=O)c2cc(C)ccc2OC)CC1. The molecule has 1 aliphatic rings. The maximum Gasteiger partial charge on any atom is 0.409 e. The highest BCUT2D eigenvalue weighted by Gasteiger charge is 2.33. The number of hydrogen-bond donors (Lipinski definition) is 0. The first kappa shape index (κ1) is 25.6. The largest absolute Gasteiger partial charge is 0.495 e. The minimum absolute atomic E-state index is 0.0371. The second-order valence-corrected chi connectivity index (χ2v) is 9.98. The second kappa shape index (κ2) is 11.0. The number of anilines is 1. The zero-order chi connectivity index (χ0) is 24.9. The Morgan fingerprint density at radius 1 is 1.03 bits per heavy atom. The smallest absolute Gasteiger partial charge is 0.409 e. The van der Waals surface area contributed by atoms with Crippen LogP contribution in [0.4, 0.5) is 10.5 Å². The lowest BCUT2D eigenvalue weighted by Gasteiger charge is -2.35. The van der Waals surface area contributed by atoms with Crippen molar-refractivity contribution in [1.29, 1.82) is 0 Å². The van der Waals surface area contributed by atoms with Crippen LogP contribution in [-0.4, -0.2) is 76.7 Å². The number of carbonyl (C=O) groups excluding carboxylic acids is 2. The van der Waals surface area contributed by atoms with Crippen LogP contribution in [0, 0.1) is 6.92 Å². The fourth-order valence-electron chi connectivity index (χ4n) is 3.60. The first-order valence-corrected chi connectivity index (χ1v) is 12.6. The molecule has 0 radical (unpaired) electrons. The highest BCUT2D eigenvalue weighted by Crippen LogP contribution is 2.31. The Balaban J connectivity index is 1.88. The third kappa shape index (κ3) is 5.74. The Kier molecular flexibility index (Phi) is 8.27. The van der Waals surface area contributed by atoms with Crippen LogP contribution < -0.4 is 9.04 Å². The molecule has 184 valence electrons. The van der Waals surface area contributed by atoms with E-state index in [0.717, 1.165) is 9.87 Å². The van der Waals surface area contributed by atoms with E-state index in [1.807, 2.05) is 0 Å². The number of amides is 2. The zero-order valence-electron chi connectivity index (χ0n) is 19.4. The minimum atomic E-state index is -4.16. The van der Waals surface area contributed by atoms with Gasteiger partial charge in [0, 0.05) is 31.2 Å². The zero-order valence-corrected chi connectivity index (χ0v) is 20.9. The molecule has 1 aliphatic heterocycles. The number of rotatable bonds is 7. The Bertz CT molecular complexity index is 1130. The quantitative estimate of drug-likeness (QED) is 0.569. The molecule has 1 saturated heterocycles. The van der Waals surface area contributed by atoms with Crippen molar-refractivity contribution in [1.82, 2.24) is 9.80 Å². The number of aryl methyl sites for hydroxylation is 1. The molecule has 0 spiro atoms. The lowest BCUT2D eigenvalue weighted by molar-refractivity contribution is -0.131. The number of halogens is 1. The Morgan fingerprint density at radius 2 is 1.65 bits per heavy atom. The highest BCUT2D eigenvalue weighted by molar-refractivity contribution is 7.93. The lowest BCUT2D eigenvalue weighted by atomic mass is 10.2. The lowest BCUT2D eigenvalue weighted by Crippen LogP contribution is -2.53. The van der Waals surface area contributed by atoms with Crippen LogP contribution in [0.25, 0.3) is 0 Å². The van der Waals surface area contributed by atoms with Crippen molar-refractivity contribution in [2.24, 2.45) is 0 Å². The molecular weight excluding hydrogens is 482 g/mol. The van der Waals surface area contributed by atoms with Crippen molar-refractivity contribution in [3.63, 3.8) is 0 Å². The molecule has 11 heteroatoms. The molecule has 0 saturated carbocycles. The Hall–Kier alpha value is -2.98. The van der Waals surface area contributed by atoms with Gasteiger partial charge in [0.1, 0.15) is 17.2 Å². The summed E-state index contributed by atoms with van der Waals surface area (Å²) < 4.78 is 38.9. The summed E-state index contributed by atoms with van der Waals surface area (Å²) in [5, 5.41) is 0.440. The van der Waals surface area contributed by atoms with Crippen LogP contribution in [0.15, 0.2) is 47.4 Å². The molecule has 9 nitrogen and oxygen atoms in total. The van der Waals surface area contributed by atoms with E-state index in [-0.39, 0.29) is 36.2 Å². The van der Waals surface area contributed by atoms with Crippen molar-refractivity contribution in [3.8, 4) is 5.75 Å². The van der Waals surface area contributed by atoms with Crippen LogP contribution in [-0.2, 0) is 19.6 Å². The van der Waals surface area contributed by atoms with Crippen LogP contribution in [0.1, 0.15) is 12.5 Å². The standard InChI is InChI=1S/C23H28ClN3O6S/c1-4-33-23(29)26-13-11-25(12-14-26)22(28)16-27(19-8-6-18(24)7-9-19)34(30,31)21-15-17(2)5-10-20(21)32-3/h5-10,15H,4,11-14,16H2,1-3H3. The van der Waals surface area contributed by atoms with E-state index in [2.05, 4.69) is 0 Å². The summed E-state index contributed by atoms with van der Waals surface area (Å²) in [5.41, 5.74) is 1.03. The maximum atomic E-state index is 13.8. The summed E-state index contributed by atoms with van der Waals surface area (Å²) in [7, 11) is -2.77. The Labute approximate surface area is 204 Å². The van der Waals surface area contributed by atoms with E-state index < -0.39 is 22.7 Å². The number of ether oxygens (including phenoxy) is 2. The van der Waals surface area contributed by atoms with Gasteiger partial charge in [-0.1, -0.05) is 17.7 Å². The maximum absolute atomic E-state index is 13.8. The summed E-state index contributed by atoms with van der Waals surface area (Å²) >= 11 is 6.00. The molecule has 2 aromatic rings. The fourth-order valence-corrected chi connectivity index (χ4v) is 5.39. The van der Waals surface area contributed by atoms with Gasteiger partial charge in [0.25, 0.3) is 10.0 Å². The summed E-state index contributed by atoms with van der Waals surface area (Å²) in [6.45, 7) is 4.54. The van der Waals surface area contributed by atoms with Gasteiger partial charge in [0.2, 0.25) is 5.91 Å². The van der Waals surface area contributed by atoms with Gasteiger partial charge in [0.15, 0.2) is 0 Å². The number of benzene rings is 2. The minimum Gasteiger partial charge on any atom is -0.495 e. The van der Waals surface area contributed by atoms with Crippen LogP contribution in [0.2, 0.25) is 5.02 Å². The molecule has 34 heavy (non-hydrogen) atoms. The summed E-state index contributed by atoms with van der Waals surface area (Å²) in [6, 6.07) is 11.1. The molecule has 1 fully saturated rings. The van der Waals surface area contributed by atoms with Crippen LogP contribution in [0.5, 0.6) is 5.75 Å². The summed E-state index contributed by atoms with van der Waals surface area (Å²) in [5.74, 6) is -0.200. The van der Waals surface area contributed by atoms with Gasteiger partial charge < -0.3 is 19.3 Å². The first-order valence-electron chi connectivity index (χ1n) is 10.8. The van der Waals surface area contributed by atoms with Crippen molar-refractivity contribution < 1.29 is 27.5 Å². The molecule has 0 bridgehead atoms. The number of nitrogens with zero attached hydrogens (tertiary/aromatic N) is 3. The summed E-state index contributed by atoms with van der Waals surface area (Å²) in [6.07, 6.45) is -0.425. The van der Waals surface area contributed by atoms with E-state index in [1.54, 1.807) is 55.1 Å². The fraction of sp³-hybridized carbons (Fsp3) is 0.391. The molecular formula is C23H28ClN3O6S. The molecule has 0 atom stereocenters. The summed E-state index contributed by atoms with van der Waals surface area (Å²) in [4.78, 5) is 28.1. The van der Waals surface area contributed by atoms with Gasteiger partial charge in [-0.15, -0.1) is 0 Å². The van der Waals surface area contributed by atoms with E-state index >= 15 is 0 Å². The first-order chi connectivity index (χ1) is 16.2. The number of hydrogen-bond acceptors (Lipinski definition) is 6. The molecule has 0 aliphatic carbocycles. The van der Waals surface area contributed by atoms with Crippen molar-refractivity contribution in [2.75, 3.05) is 50.7 Å². The van der Waals surface area contributed by atoms with Crippen molar-refractivity contribution >= 4 is 39.3 Å². The van der Waals surface area contributed by atoms with Gasteiger partial charge in [-0.05, 0) is 55.8 Å². The Morgan fingerprint density at radius 3 is 2.24 bits per heavy atom. The topological polar surface area (TPSA) is 96.5 Å². The van der Waals surface area contributed by atoms with E-state index in [0.29, 0.717) is 23.8 Å². The third-order valence-electron chi connectivity index (χ3n) is 5.44. The van der Waals surface area contributed by atoms with E-state index in [4.69, 9.17) is 21.1 Å². The monoisotopic (exact) mass is 509 g/mol. The average Bonchev–Trinajstić information content (AvgIpc) is 2.83. The average molecular weight is 510 g/mol. The van der Waals surface area contributed by atoms with Gasteiger partial charge in [-0.3, -0.25) is 9.10 Å². The van der Waals surface area contributed by atoms with E-state index in [9.17, 15) is 18.0 Å². The molecule has 0 unspecified atom stereocenters. The molecule has 3 rings (SSSR count). The second-order valence-electron chi connectivity index (χ2n) is 7.71. The van der Waals surface area contributed by atoms with Gasteiger partial charge in [0.05, 0.1) is 19.4 Å². The van der Waals surface area contributed by atoms with Gasteiger partial charge in [-0.25, -0.2) is 13.2 Å². The molecule has 2 aromatic carbocycles. The molecule has 1 heterocycles. The van der Waals surface area contributed by atoms with Gasteiger partial charge >= 0.3 is 6.09 Å². The predicted molar refractivity (Wildman–Crippen MR) is 129 cm³/mol. The van der Waals surface area contributed by atoms with Crippen LogP contribution >= 0.6 is 11.6 Å².